The summed E-state index contributed by atoms with van der Waals surface area (Å²) >= 11 is 0. The van der Waals surface area contributed by atoms with Gasteiger partial charge in [-0.05, 0) is 73.2 Å². The van der Waals surface area contributed by atoms with Gasteiger partial charge < -0.3 is 31.1 Å². The van der Waals surface area contributed by atoms with Gasteiger partial charge in [0.25, 0.3) is 0 Å². The Kier molecular flexibility index (Phi) is 9.91. The monoisotopic (exact) mass is 692 g/mol. The number of nitrogens with zero attached hydrogens (tertiary/aromatic N) is 4. The van der Waals surface area contributed by atoms with Crippen LogP contribution in [0.3, 0.4) is 0 Å². The lowest BCUT2D eigenvalue weighted by atomic mass is 9.78. The molecule has 2 aromatic carbocycles. The minimum atomic E-state index is -0.709. The van der Waals surface area contributed by atoms with Crippen molar-refractivity contribution in [3.63, 3.8) is 0 Å². The number of pyridine rings is 1. The summed E-state index contributed by atoms with van der Waals surface area (Å²) in [5.41, 5.74) is 4.27. The van der Waals surface area contributed by atoms with Crippen LogP contribution in [0.25, 0.3) is 0 Å². The van der Waals surface area contributed by atoms with E-state index in [1.54, 1.807) is 11.1 Å². The van der Waals surface area contributed by atoms with Gasteiger partial charge >= 0.3 is 0 Å². The van der Waals surface area contributed by atoms with Gasteiger partial charge in [-0.15, -0.1) is 0 Å². The van der Waals surface area contributed by atoms with Crippen LogP contribution < -0.4 is 21.3 Å². The first kappa shape index (κ1) is 34.8. The van der Waals surface area contributed by atoms with Crippen LogP contribution in [-0.4, -0.2) is 103 Å². The molecule has 0 saturated carbocycles. The molecular weight excluding hydrogens is 644 g/mol. The van der Waals surface area contributed by atoms with Crippen molar-refractivity contribution < 1.29 is 19.2 Å². The van der Waals surface area contributed by atoms with Gasteiger partial charge in [0.1, 0.15) is 12.4 Å². The van der Waals surface area contributed by atoms with Gasteiger partial charge in [0.2, 0.25) is 23.6 Å². The van der Waals surface area contributed by atoms with Crippen molar-refractivity contribution in [2.45, 2.75) is 51.1 Å². The fourth-order valence-electron chi connectivity index (χ4n) is 8.20. The third-order valence-electron chi connectivity index (χ3n) is 11.2. The fraction of sp³-hybridized carbons (Fsp3) is 0.462. The van der Waals surface area contributed by atoms with Crippen LogP contribution in [0.1, 0.15) is 47.6 Å². The first-order chi connectivity index (χ1) is 24.7. The highest BCUT2D eigenvalue weighted by atomic mass is 16.2. The standard InChI is InChI=1S/C39H48N8O4/c1-38(11-16-46(17-12-38)34(49)26-45-18-14-41-15-19-45)37(51)47(24-29-7-4-3-6-28(29)23-40-2)25-33(48)43-31-10-9-27-21-39(22-30(27)20-31)32-8-5-13-42-35(32)44-36(39)50/h3-10,13,20,40-41H,11-12,14-19,21-26H2,1-2H3,(H,43,48)(H,42,44,50). The predicted molar refractivity (Wildman–Crippen MR) is 195 cm³/mol. The summed E-state index contributed by atoms with van der Waals surface area (Å²) in [6.07, 6.45) is 3.85. The van der Waals surface area contributed by atoms with Crippen LogP contribution in [-0.2, 0) is 50.5 Å². The van der Waals surface area contributed by atoms with Crippen molar-refractivity contribution in [1.29, 1.82) is 0 Å². The third-order valence-corrected chi connectivity index (χ3v) is 11.2. The van der Waals surface area contributed by atoms with E-state index in [4.69, 9.17) is 0 Å². The number of hydrogen-bond donors (Lipinski definition) is 4. The SMILES string of the molecule is CNCc1ccccc1CN(CC(=O)Nc1ccc2c(c1)CC1(C2)C(=O)Nc2ncccc21)C(=O)C1(C)CCN(C(=O)CN2CCNCC2)CC1. The van der Waals surface area contributed by atoms with Crippen LogP contribution in [0.2, 0.25) is 0 Å². The number of anilines is 2. The Morgan fingerprint density at radius 3 is 2.45 bits per heavy atom. The Bertz CT molecular complexity index is 1820. The van der Waals surface area contributed by atoms with Gasteiger partial charge in [0, 0.05) is 75.2 Å². The van der Waals surface area contributed by atoms with Gasteiger partial charge in [-0.1, -0.05) is 43.3 Å². The zero-order chi connectivity index (χ0) is 35.6. The van der Waals surface area contributed by atoms with E-state index in [2.05, 4.69) is 31.2 Å². The lowest BCUT2D eigenvalue weighted by Crippen LogP contribution is -2.53. The molecule has 4 amide bonds. The number of carbonyl (C=O) groups is 4. The zero-order valence-electron chi connectivity index (χ0n) is 29.6. The van der Waals surface area contributed by atoms with Crippen molar-refractivity contribution in [3.8, 4) is 0 Å². The summed E-state index contributed by atoms with van der Waals surface area (Å²) in [4.78, 5) is 64.7. The Hall–Kier alpha value is -4.65. The second-order valence-electron chi connectivity index (χ2n) is 14.7. The zero-order valence-corrected chi connectivity index (χ0v) is 29.6. The first-order valence-corrected chi connectivity index (χ1v) is 18.1. The topological polar surface area (TPSA) is 139 Å². The Balaban J connectivity index is 1.05. The van der Waals surface area contributed by atoms with Gasteiger partial charge in [0.15, 0.2) is 0 Å². The minimum absolute atomic E-state index is 0.0473. The molecule has 1 unspecified atom stereocenters. The van der Waals surface area contributed by atoms with Crippen LogP contribution in [0.15, 0.2) is 60.8 Å². The van der Waals surface area contributed by atoms with Crippen LogP contribution in [0.5, 0.6) is 0 Å². The summed E-state index contributed by atoms with van der Waals surface area (Å²) in [7, 11) is 1.89. The molecule has 3 aromatic rings. The van der Waals surface area contributed by atoms with Gasteiger partial charge in [-0.25, -0.2) is 4.98 Å². The molecule has 1 aromatic heterocycles. The van der Waals surface area contributed by atoms with E-state index in [1.165, 1.54) is 0 Å². The summed E-state index contributed by atoms with van der Waals surface area (Å²) in [6.45, 7) is 7.72. The number of aromatic nitrogens is 1. The highest BCUT2D eigenvalue weighted by Crippen LogP contribution is 2.47. The summed E-state index contributed by atoms with van der Waals surface area (Å²) in [5, 5.41) is 12.5. The van der Waals surface area contributed by atoms with E-state index in [0.717, 1.165) is 54.0 Å². The third kappa shape index (κ3) is 7.13. The second-order valence-corrected chi connectivity index (χ2v) is 14.7. The number of carbonyl (C=O) groups excluding carboxylic acids is 4. The molecule has 0 radical (unpaired) electrons. The summed E-state index contributed by atoms with van der Waals surface area (Å²) in [5.74, 6) is 0.308. The molecule has 2 saturated heterocycles. The quantitative estimate of drug-likeness (QED) is 0.254. The lowest BCUT2D eigenvalue weighted by Gasteiger charge is -2.41. The summed E-state index contributed by atoms with van der Waals surface area (Å²) < 4.78 is 0. The van der Waals surface area contributed by atoms with Crippen molar-refractivity contribution in [2.75, 3.05) is 70.0 Å². The normalized spacial score (nSPS) is 20.8. The number of piperazine rings is 1. The first-order valence-electron chi connectivity index (χ1n) is 18.1. The smallest absolute Gasteiger partial charge is 0.244 e. The number of nitrogens with one attached hydrogen (secondary N) is 4. The molecule has 12 heteroatoms. The maximum absolute atomic E-state index is 14.5. The molecular formula is C39H48N8O4. The van der Waals surface area contributed by atoms with Crippen molar-refractivity contribution in [1.82, 2.24) is 30.3 Å². The van der Waals surface area contributed by atoms with Gasteiger partial charge in [0.05, 0.1) is 12.0 Å². The van der Waals surface area contributed by atoms with E-state index >= 15 is 0 Å². The molecule has 3 aliphatic heterocycles. The number of fused-ring (bicyclic) bond motifs is 3. The average molecular weight is 693 g/mol. The van der Waals surface area contributed by atoms with Gasteiger partial charge in [-0.3, -0.25) is 24.1 Å². The van der Waals surface area contributed by atoms with Crippen LogP contribution in [0.4, 0.5) is 11.5 Å². The molecule has 1 aliphatic carbocycles. The second kappa shape index (κ2) is 14.5. The van der Waals surface area contributed by atoms with E-state index in [9.17, 15) is 19.2 Å². The molecule has 0 bridgehead atoms. The number of likely N-dealkylation sites (tertiary alicyclic amines) is 1. The van der Waals surface area contributed by atoms with E-state index in [0.29, 0.717) is 69.9 Å². The number of rotatable bonds is 10. The molecule has 12 nitrogen and oxygen atoms in total. The molecule has 1 atom stereocenters. The molecule has 4 heterocycles. The van der Waals surface area contributed by atoms with Crippen molar-refractivity contribution >= 4 is 35.1 Å². The molecule has 4 N–H and O–H groups in total. The number of benzene rings is 2. The molecule has 268 valence electrons. The predicted octanol–water partition coefficient (Wildman–Crippen LogP) is 2.29. The van der Waals surface area contributed by atoms with Crippen LogP contribution in [0, 0.1) is 5.41 Å². The molecule has 2 fully saturated rings. The van der Waals surface area contributed by atoms with Gasteiger partial charge in [-0.2, -0.15) is 0 Å². The Morgan fingerprint density at radius 1 is 0.941 bits per heavy atom. The Morgan fingerprint density at radius 2 is 1.69 bits per heavy atom. The fourth-order valence-corrected chi connectivity index (χ4v) is 8.20. The van der Waals surface area contributed by atoms with Crippen molar-refractivity contribution in [3.05, 3.63) is 88.6 Å². The maximum Gasteiger partial charge on any atom is 0.244 e. The number of piperidine rings is 1. The highest BCUT2D eigenvalue weighted by molar-refractivity contribution is 6.06. The molecule has 7 rings (SSSR count). The minimum Gasteiger partial charge on any atom is -0.342 e. The van der Waals surface area contributed by atoms with Crippen molar-refractivity contribution in [2.24, 2.45) is 5.41 Å². The Labute approximate surface area is 299 Å². The van der Waals surface area contributed by atoms with Crippen LogP contribution >= 0.6 is 0 Å². The largest absolute Gasteiger partial charge is 0.342 e. The number of amides is 4. The molecule has 4 aliphatic rings. The van der Waals surface area contributed by atoms with E-state index in [-0.39, 0.29) is 30.2 Å². The molecule has 1 spiro atoms. The number of hydrogen-bond acceptors (Lipinski definition) is 8. The maximum atomic E-state index is 14.5. The molecule has 51 heavy (non-hydrogen) atoms. The highest BCUT2D eigenvalue weighted by Gasteiger charge is 2.51. The van der Waals surface area contributed by atoms with E-state index < -0.39 is 10.8 Å². The summed E-state index contributed by atoms with van der Waals surface area (Å²) in [6, 6.07) is 17.6. The average Bonchev–Trinajstić information content (AvgIpc) is 3.65. The lowest BCUT2D eigenvalue weighted by molar-refractivity contribution is -0.149. The van der Waals surface area contributed by atoms with E-state index in [1.807, 2.05) is 73.5 Å².